The molecule has 0 spiro atoms. The number of urea groups is 1. The number of benzene rings is 1. The standard InChI is InChI=1S/C10H8N4O4/c15-9-6-13(10(16)12-9)11-5-7-1-3-8(4-2-7)14(17)18/h1-5H,6H2,(H,12,15,16)/b11-5+. The van der Waals surface area contributed by atoms with Crippen LogP contribution in [0.4, 0.5) is 10.5 Å². The summed E-state index contributed by atoms with van der Waals surface area (Å²) in [5.41, 5.74) is 0.564. The zero-order chi connectivity index (χ0) is 13.1. The molecule has 1 N–H and O–H groups in total. The van der Waals surface area contributed by atoms with Crippen LogP contribution in [0.15, 0.2) is 29.4 Å². The number of carbonyl (C=O) groups excluding carboxylic acids is 2. The van der Waals surface area contributed by atoms with Crippen LogP contribution in [0.3, 0.4) is 0 Å². The van der Waals surface area contributed by atoms with Crippen LogP contribution in [0, 0.1) is 10.1 Å². The predicted molar refractivity (Wildman–Crippen MR) is 60.9 cm³/mol. The number of rotatable bonds is 3. The zero-order valence-corrected chi connectivity index (χ0v) is 9.07. The van der Waals surface area contributed by atoms with Crippen molar-refractivity contribution in [2.45, 2.75) is 0 Å². The molecule has 1 aliphatic rings. The molecule has 8 heteroatoms. The molecule has 0 bridgehead atoms. The second-order valence-electron chi connectivity index (χ2n) is 3.50. The highest BCUT2D eigenvalue weighted by Gasteiger charge is 2.25. The molecule has 1 aliphatic heterocycles. The van der Waals surface area contributed by atoms with Gasteiger partial charge in [-0.2, -0.15) is 5.10 Å². The fraction of sp³-hybridized carbons (Fsp3) is 0.100. The summed E-state index contributed by atoms with van der Waals surface area (Å²) >= 11 is 0. The minimum absolute atomic E-state index is 0.0266. The normalized spacial score (nSPS) is 15.2. The Morgan fingerprint density at radius 1 is 1.33 bits per heavy atom. The summed E-state index contributed by atoms with van der Waals surface area (Å²) < 4.78 is 0. The fourth-order valence-corrected chi connectivity index (χ4v) is 1.34. The van der Waals surface area contributed by atoms with Gasteiger partial charge in [-0.1, -0.05) is 0 Å². The lowest BCUT2D eigenvalue weighted by Crippen LogP contribution is -2.24. The SMILES string of the molecule is O=C1CN(/N=C/c2ccc([N+](=O)[O-])cc2)C(=O)N1. The molecule has 0 atom stereocenters. The van der Waals surface area contributed by atoms with Crippen molar-refractivity contribution in [1.82, 2.24) is 10.3 Å². The fourth-order valence-electron chi connectivity index (χ4n) is 1.34. The lowest BCUT2D eigenvalue weighted by atomic mass is 10.2. The Balaban J connectivity index is 2.07. The van der Waals surface area contributed by atoms with Gasteiger partial charge in [0.2, 0.25) is 5.91 Å². The van der Waals surface area contributed by atoms with E-state index in [1.807, 2.05) is 0 Å². The van der Waals surface area contributed by atoms with Crippen LogP contribution in [0.5, 0.6) is 0 Å². The van der Waals surface area contributed by atoms with E-state index in [2.05, 4.69) is 10.4 Å². The Hall–Kier alpha value is -2.77. The third kappa shape index (κ3) is 2.48. The first-order valence-corrected chi connectivity index (χ1v) is 4.96. The Morgan fingerprint density at radius 2 is 2.00 bits per heavy atom. The van der Waals surface area contributed by atoms with E-state index in [-0.39, 0.29) is 12.2 Å². The number of nitrogens with zero attached hydrogens (tertiary/aromatic N) is 3. The third-order valence-electron chi connectivity index (χ3n) is 2.22. The first-order chi connectivity index (χ1) is 8.56. The maximum Gasteiger partial charge on any atom is 0.344 e. The Kier molecular flexibility index (Phi) is 3.00. The smallest absolute Gasteiger partial charge is 0.275 e. The summed E-state index contributed by atoms with van der Waals surface area (Å²) in [5, 5.41) is 17.3. The molecule has 0 radical (unpaired) electrons. The van der Waals surface area contributed by atoms with Gasteiger partial charge in [-0.15, -0.1) is 0 Å². The monoisotopic (exact) mass is 248 g/mol. The molecule has 92 valence electrons. The maximum absolute atomic E-state index is 11.1. The minimum atomic E-state index is -0.585. The van der Waals surface area contributed by atoms with Crippen LogP contribution in [0.1, 0.15) is 5.56 Å². The van der Waals surface area contributed by atoms with Crippen LogP contribution in [0.25, 0.3) is 0 Å². The Bertz CT molecular complexity index is 537. The van der Waals surface area contributed by atoms with Gasteiger partial charge in [0.25, 0.3) is 5.69 Å². The molecule has 0 unspecified atom stereocenters. The summed E-state index contributed by atoms with van der Waals surface area (Å²) in [7, 11) is 0. The molecule has 3 amide bonds. The van der Waals surface area contributed by atoms with Crippen LogP contribution >= 0.6 is 0 Å². The van der Waals surface area contributed by atoms with Crippen molar-refractivity contribution in [3.8, 4) is 0 Å². The summed E-state index contributed by atoms with van der Waals surface area (Å²) in [6, 6.07) is 5.07. The first-order valence-electron chi connectivity index (χ1n) is 4.96. The van der Waals surface area contributed by atoms with Gasteiger partial charge in [0.1, 0.15) is 6.54 Å². The minimum Gasteiger partial charge on any atom is -0.275 e. The number of non-ortho nitro benzene ring substituents is 1. The van der Waals surface area contributed by atoms with Gasteiger partial charge in [0.05, 0.1) is 11.1 Å². The summed E-state index contributed by atoms with van der Waals surface area (Å²) in [6.07, 6.45) is 1.35. The van der Waals surface area contributed by atoms with Gasteiger partial charge < -0.3 is 0 Å². The molecule has 0 saturated carbocycles. The second kappa shape index (κ2) is 4.62. The van der Waals surface area contributed by atoms with Crippen LogP contribution in [0.2, 0.25) is 0 Å². The molecule has 1 aromatic rings. The number of nitrogens with one attached hydrogen (secondary N) is 1. The highest BCUT2D eigenvalue weighted by molar-refractivity contribution is 6.02. The van der Waals surface area contributed by atoms with Crippen LogP contribution < -0.4 is 5.32 Å². The van der Waals surface area contributed by atoms with Crippen LogP contribution in [-0.4, -0.2) is 34.6 Å². The average molecular weight is 248 g/mol. The number of nitro groups is 1. The van der Waals surface area contributed by atoms with Gasteiger partial charge >= 0.3 is 6.03 Å². The molecular weight excluding hydrogens is 240 g/mol. The Morgan fingerprint density at radius 3 is 2.50 bits per heavy atom. The van der Waals surface area contributed by atoms with E-state index in [1.165, 1.54) is 30.5 Å². The molecule has 2 rings (SSSR count). The van der Waals surface area contributed by atoms with Crippen molar-refractivity contribution in [2.24, 2.45) is 5.10 Å². The van der Waals surface area contributed by atoms with Gasteiger partial charge in [-0.25, -0.2) is 9.80 Å². The van der Waals surface area contributed by atoms with Gasteiger partial charge in [0.15, 0.2) is 0 Å². The van der Waals surface area contributed by atoms with Crippen molar-refractivity contribution in [1.29, 1.82) is 0 Å². The molecule has 1 aromatic carbocycles. The first kappa shape index (κ1) is 11.7. The van der Waals surface area contributed by atoms with Gasteiger partial charge in [-0.3, -0.25) is 20.2 Å². The lowest BCUT2D eigenvalue weighted by molar-refractivity contribution is -0.384. The number of hydrogen-bond donors (Lipinski definition) is 1. The number of hydrazone groups is 1. The molecule has 0 aromatic heterocycles. The highest BCUT2D eigenvalue weighted by Crippen LogP contribution is 2.10. The summed E-state index contributed by atoms with van der Waals surface area (Å²) in [4.78, 5) is 31.9. The second-order valence-corrected chi connectivity index (χ2v) is 3.50. The largest absolute Gasteiger partial charge is 0.344 e. The molecule has 0 aliphatic carbocycles. The summed E-state index contributed by atoms with van der Waals surface area (Å²) in [6.45, 7) is -0.123. The van der Waals surface area contributed by atoms with Gasteiger partial charge in [0, 0.05) is 12.1 Å². The van der Waals surface area contributed by atoms with E-state index < -0.39 is 16.9 Å². The maximum atomic E-state index is 11.1. The quantitative estimate of drug-likeness (QED) is 0.363. The number of imide groups is 1. The lowest BCUT2D eigenvalue weighted by Gasteiger charge is -2.03. The van der Waals surface area contributed by atoms with E-state index in [0.29, 0.717) is 5.56 Å². The molecule has 1 saturated heterocycles. The van der Waals surface area contributed by atoms with E-state index in [1.54, 1.807) is 0 Å². The number of nitro benzene ring substituents is 1. The predicted octanol–water partition coefficient (Wildman–Crippen LogP) is 0.480. The van der Waals surface area contributed by atoms with Crippen molar-refractivity contribution in [3.63, 3.8) is 0 Å². The number of hydrogen-bond acceptors (Lipinski definition) is 5. The molecule has 8 nitrogen and oxygen atoms in total. The van der Waals surface area contributed by atoms with Gasteiger partial charge in [-0.05, 0) is 17.7 Å². The van der Waals surface area contributed by atoms with E-state index in [9.17, 15) is 19.7 Å². The molecule has 18 heavy (non-hydrogen) atoms. The van der Waals surface area contributed by atoms with Crippen molar-refractivity contribution in [3.05, 3.63) is 39.9 Å². The topological polar surface area (TPSA) is 105 Å². The van der Waals surface area contributed by atoms with E-state index in [4.69, 9.17) is 0 Å². The third-order valence-corrected chi connectivity index (χ3v) is 2.22. The molecule has 1 heterocycles. The van der Waals surface area contributed by atoms with E-state index >= 15 is 0 Å². The van der Waals surface area contributed by atoms with Crippen molar-refractivity contribution >= 4 is 23.8 Å². The molecular formula is C10H8N4O4. The van der Waals surface area contributed by atoms with Crippen LogP contribution in [-0.2, 0) is 4.79 Å². The number of amides is 3. The molecule has 1 fully saturated rings. The highest BCUT2D eigenvalue weighted by atomic mass is 16.6. The summed E-state index contributed by atoms with van der Waals surface area (Å²) in [5.74, 6) is -0.416. The average Bonchev–Trinajstić information content (AvgIpc) is 2.66. The number of carbonyl (C=O) groups is 2. The zero-order valence-electron chi connectivity index (χ0n) is 9.07. The van der Waals surface area contributed by atoms with Crippen molar-refractivity contribution in [2.75, 3.05) is 6.54 Å². The van der Waals surface area contributed by atoms with Crippen molar-refractivity contribution < 1.29 is 14.5 Å². The van der Waals surface area contributed by atoms with E-state index in [0.717, 1.165) is 5.01 Å². The Labute approximate surface area is 101 Å².